The first-order chi connectivity index (χ1) is 4.75. The van der Waals surface area contributed by atoms with Gasteiger partial charge in [-0.3, -0.25) is 4.57 Å². The second-order valence-corrected chi connectivity index (χ2v) is 2.67. The van der Waals surface area contributed by atoms with E-state index in [9.17, 15) is 4.79 Å². The second kappa shape index (κ2) is 3.03. The van der Waals surface area contributed by atoms with Gasteiger partial charge in [-0.05, 0) is 15.9 Å². The third kappa shape index (κ3) is 1.30. The Morgan fingerprint density at radius 1 is 1.80 bits per heavy atom. The Balaban J connectivity index is 2.99. The second-order valence-electron chi connectivity index (χ2n) is 1.86. The zero-order valence-electron chi connectivity index (χ0n) is 5.30. The van der Waals surface area contributed by atoms with Crippen LogP contribution in [0.25, 0.3) is 0 Å². The lowest BCUT2D eigenvalue weighted by atomic mass is 10.6. The van der Waals surface area contributed by atoms with E-state index in [-0.39, 0.29) is 5.69 Å². The summed E-state index contributed by atoms with van der Waals surface area (Å²) in [6, 6.07) is 0. The largest absolute Gasteiger partial charge is 0.329 e. The minimum Gasteiger partial charge on any atom is -0.329 e. The number of hydrogen-bond donors (Lipinski definition) is 2. The summed E-state index contributed by atoms with van der Waals surface area (Å²) in [5, 5.41) is 0. The van der Waals surface area contributed by atoms with E-state index in [0.717, 1.165) is 4.60 Å². The van der Waals surface area contributed by atoms with Gasteiger partial charge in [-0.1, -0.05) is 0 Å². The summed E-state index contributed by atoms with van der Waals surface area (Å²) in [6.45, 7) is 1.01. The molecule has 1 rings (SSSR count). The van der Waals surface area contributed by atoms with Gasteiger partial charge in [0.25, 0.3) is 0 Å². The van der Waals surface area contributed by atoms with Crippen molar-refractivity contribution < 1.29 is 0 Å². The maximum Gasteiger partial charge on any atom is 0.326 e. The summed E-state index contributed by atoms with van der Waals surface area (Å²) in [6.07, 6.45) is 1.60. The van der Waals surface area contributed by atoms with Crippen LogP contribution in [0, 0.1) is 0 Å². The number of nitrogens with two attached hydrogens (primary N) is 1. The van der Waals surface area contributed by atoms with Gasteiger partial charge in [0.1, 0.15) is 4.60 Å². The Morgan fingerprint density at radius 2 is 2.50 bits per heavy atom. The van der Waals surface area contributed by atoms with Crippen LogP contribution in [-0.2, 0) is 6.54 Å². The molecule has 4 nitrogen and oxygen atoms in total. The highest BCUT2D eigenvalue weighted by molar-refractivity contribution is 9.10. The predicted molar refractivity (Wildman–Crippen MR) is 41.8 cm³/mol. The van der Waals surface area contributed by atoms with Crippen molar-refractivity contribution in [1.82, 2.24) is 9.55 Å². The van der Waals surface area contributed by atoms with Gasteiger partial charge >= 0.3 is 5.69 Å². The Morgan fingerprint density at radius 3 is 2.90 bits per heavy atom. The molecule has 0 unspecified atom stereocenters. The van der Waals surface area contributed by atoms with Gasteiger partial charge in [0, 0.05) is 19.3 Å². The zero-order chi connectivity index (χ0) is 7.56. The van der Waals surface area contributed by atoms with Crippen LogP contribution in [0.15, 0.2) is 15.6 Å². The fourth-order valence-electron chi connectivity index (χ4n) is 0.712. The number of H-pyrrole nitrogens is 1. The monoisotopic (exact) mass is 205 g/mol. The van der Waals surface area contributed by atoms with Gasteiger partial charge in [-0.2, -0.15) is 0 Å². The molecule has 0 bridgehead atoms. The fraction of sp³-hybridized carbons (Fsp3) is 0.400. The third-order valence-electron chi connectivity index (χ3n) is 1.17. The fourth-order valence-corrected chi connectivity index (χ4v) is 1.16. The highest BCUT2D eigenvalue weighted by Gasteiger charge is 1.99. The Hall–Kier alpha value is -0.550. The van der Waals surface area contributed by atoms with Crippen LogP contribution in [0.2, 0.25) is 0 Å². The lowest BCUT2D eigenvalue weighted by molar-refractivity contribution is 0.671. The molecule has 3 N–H and O–H groups in total. The van der Waals surface area contributed by atoms with Crippen molar-refractivity contribution >= 4 is 15.9 Å². The van der Waals surface area contributed by atoms with Crippen LogP contribution in [0.3, 0.4) is 0 Å². The topological polar surface area (TPSA) is 63.8 Å². The molecular weight excluding hydrogens is 198 g/mol. The number of hydrogen-bond acceptors (Lipinski definition) is 2. The van der Waals surface area contributed by atoms with E-state index >= 15 is 0 Å². The average Bonchev–Trinajstić information content (AvgIpc) is 2.20. The molecule has 0 saturated carbocycles. The molecule has 0 aliphatic rings. The molecule has 0 saturated heterocycles. The summed E-state index contributed by atoms with van der Waals surface area (Å²) in [7, 11) is 0. The van der Waals surface area contributed by atoms with E-state index in [2.05, 4.69) is 20.9 Å². The first-order valence-electron chi connectivity index (χ1n) is 2.89. The number of nitrogens with one attached hydrogen (secondary N) is 1. The molecule has 1 aromatic heterocycles. The van der Waals surface area contributed by atoms with E-state index in [4.69, 9.17) is 5.73 Å². The number of aromatic amines is 1. The highest BCUT2D eigenvalue weighted by Crippen LogP contribution is 2.03. The first-order valence-corrected chi connectivity index (χ1v) is 3.69. The van der Waals surface area contributed by atoms with E-state index in [1.54, 1.807) is 6.20 Å². The van der Waals surface area contributed by atoms with E-state index in [1.807, 2.05) is 0 Å². The summed E-state index contributed by atoms with van der Waals surface area (Å²) in [5.41, 5.74) is 5.14. The van der Waals surface area contributed by atoms with Crippen molar-refractivity contribution in [3.63, 3.8) is 0 Å². The van der Waals surface area contributed by atoms with E-state index in [0.29, 0.717) is 13.1 Å². The molecule has 0 atom stereocenters. The standard InChI is InChI=1S/C5H8BrN3O/c6-4-3-8-5(10)9(4)2-1-7/h3H,1-2,7H2,(H,8,10). The molecule has 0 aliphatic carbocycles. The Kier molecular flexibility index (Phi) is 2.29. The molecule has 10 heavy (non-hydrogen) atoms. The van der Waals surface area contributed by atoms with E-state index in [1.165, 1.54) is 4.57 Å². The van der Waals surface area contributed by atoms with Crippen molar-refractivity contribution in [3.05, 3.63) is 21.3 Å². The summed E-state index contributed by atoms with van der Waals surface area (Å²) >= 11 is 3.19. The first kappa shape index (κ1) is 7.56. The molecule has 5 heteroatoms. The number of rotatable bonds is 2. The maximum absolute atomic E-state index is 10.9. The van der Waals surface area contributed by atoms with Gasteiger partial charge in [0.05, 0.1) is 0 Å². The molecule has 0 radical (unpaired) electrons. The van der Waals surface area contributed by atoms with Gasteiger partial charge < -0.3 is 10.7 Å². The highest BCUT2D eigenvalue weighted by atomic mass is 79.9. The third-order valence-corrected chi connectivity index (χ3v) is 1.83. The number of nitrogens with zero attached hydrogens (tertiary/aromatic N) is 1. The van der Waals surface area contributed by atoms with Crippen molar-refractivity contribution in [1.29, 1.82) is 0 Å². The normalized spacial score (nSPS) is 10.2. The molecular formula is C5H8BrN3O. The smallest absolute Gasteiger partial charge is 0.326 e. The summed E-state index contributed by atoms with van der Waals surface area (Å²) in [5.74, 6) is 0. The predicted octanol–water partition coefficient (Wildman–Crippen LogP) is -0.102. The molecule has 0 fully saturated rings. The lowest BCUT2D eigenvalue weighted by Crippen LogP contribution is -2.21. The van der Waals surface area contributed by atoms with Crippen LogP contribution >= 0.6 is 15.9 Å². The van der Waals surface area contributed by atoms with Crippen LogP contribution in [0.4, 0.5) is 0 Å². The summed E-state index contributed by atoms with van der Waals surface area (Å²) in [4.78, 5) is 13.4. The molecule has 0 amide bonds. The minimum absolute atomic E-state index is 0.127. The van der Waals surface area contributed by atoms with Crippen molar-refractivity contribution in [2.24, 2.45) is 5.73 Å². The molecule has 0 aromatic carbocycles. The van der Waals surface area contributed by atoms with Crippen LogP contribution < -0.4 is 11.4 Å². The summed E-state index contributed by atoms with van der Waals surface area (Å²) < 4.78 is 2.27. The quantitative estimate of drug-likeness (QED) is 0.709. The molecule has 0 spiro atoms. The number of imidazole rings is 1. The van der Waals surface area contributed by atoms with Crippen LogP contribution in [0.1, 0.15) is 0 Å². The minimum atomic E-state index is -0.127. The lowest BCUT2D eigenvalue weighted by Gasteiger charge is -1.96. The number of aromatic nitrogens is 2. The van der Waals surface area contributed by atoms with Gasteiger partial charge in [0.15, 0.2) is 0 Å². The molecule has 56 valence electrons. The molecule has 1 aromatic rings. The maximum atomic E-state index is 10.9. The molecule has 0 aliphatic heterocycles. The SMILES string of the molecule is NCCn1c(Br)c[nH]c1=O. The number of halogens is 1. The van der Waals surface area contributed by atoms with Crippen LogP contribution in [0.5, 0.6) is 0 Å². The van der Waals surface area contributed by atoms with Crippen molar-refractivity contribution in [2.75, 3.05) is 6.54 Å². The van der Waals surface area contributed by atoms with Gasteiger partial charge in [-0.25, -0.2) is 4.79 Å². The van der Waals surface area contributed by atoms with Gasteiger partial charge in [-0.15, -0.1) is 0 Å². The zero-order valence-corrected chi connectivity index (χ0v) is 6.89. The van der Waals surface area contributed by atoms with Crippen molar-refractivity contribution in [2.45, 2.75) is 6.54 Å². The molecule has 1 heterocycles. The van der Waals surface area contributed by atoms with Crippen LogP contribution in [-0.4, -0.2) is 16.1 Å². The van der Waals surface area contributed by atoms with E-state index < -0.39 is 0 Å². The Labute approximate surface area is 66.2 Å². The van der Waals surface area contributed by atoms with Gasteiger partial charge in [0.2, 0.25) is 0 Å². The van der Waals surface area contributed by atoms with Crippen molar-refractivity contribution in [3.8, 4) is 0 Å². The average molecular weight is 206 g/mol. The Bertz CT molecular complexity index is 264.